The van der Waals surface area contributed by atoms with Crippen LogP contribution < -0.4 is 9.80 Å². The number of aryl methyl sites for hydroxylation is 1. The quantitative estimate of drug-likeness (QED) is 0.430. The molecule has 0 fully saturated rings. The van der Waals surface area contributed by atoms with Crippen molar-refractivity contribution in [2.24, 2.45) is 0 Å². The van der Waals surface area contributed by atoms with E-state index in [4.69, 9.17) is 4.98 Å². The molecule has 0 saturated heterocycles. The van der Waals surface area contributed by atoms with Crippen LogP contribution in [0.3, 0.4) is 0 Å². The van der Waals surface area contributed by atoms with Crippen molar-refractivity contribution in [3.05, 3.63) is 90.5 Å². The molecule has 0 amide bonds. The number of para-hydroxylation sites is 3. The first-order valence-electron chi connectivity index (χ1n) is 9.33. The summed E-state index contributed by atoms with van der Waals surface area (Å²) in [5, 5.41) is 1.16. The molecular formula is C24H21N3. The number of aromatic nitrogens is 1. The Morgan fingerprint density at radius 2 is 1.44 bits per heavy atom. The molecule has 0 N–H and O–H groups in total. The lowest BCUT2D eigenvalue weighted by Crippen LogP contribution is -2.35. The van der Waals surface area contributed by atoms with Crippen molar-refractivity contribution < 1.29 is 0 Å². The number of rotatable bonds is 2. The Balaban J connectivity index is 1.78. The van der Waals surface area contributed by atoms with Gasteiger partial charge < -0.3 is 9.80 Å². The maximum Gasteiger partial charge on any atom is 0.159 e. The van der Waals surface area contributed by atoms with Crippen LogP contribution in [0.2, 0.25) is 0 Å². The summed E-state index contributed by atoms with van der Waals surface area (Å²) in [7, 11) is 0. The summed E-state index contributed by atoms with van der Waals surface area (Å²) in [6.45, 7) is 4.41. The summed E-state index contributed by atoms with van der Waals surface area (Å²) < 4.78 is 0. The molecule has 3 aromatic carbocycles. The van der Waals surface area contributed by atoms with Crippen LogP contribution in [0.5, 0.6) is 0 Å². The normalized spacial score (nSPS) is 16.0. The molecule has 27 heavy (non-hydrogen) atoms. The first kappa shape index (κ1) is 15.9. The van der Waals surface area contributed by atoms with E-state index < -0.39 is 0 Å². The van der Waals surface area contributed by atoms with Gasteiger partial charge in [0.05, 0.1) is 11.2 Å². The topological polar surface area (TPSA) is 19.4 Å². The Labute approximate surface area is 159 Å². The summed E-state index contributed by atoms with van der Waals surface area (Å²) >= 11 is 0. The van der Waals surface area contributed by atoms with Gasteiger partial charge in [0.2, 0.25) is 0 Å². The fourth-order valence-electron chi connectivity index (χ4n) is 4.03. The zero-order valence-electron chi connectivity index (χ0n) is 15.5. The second-order valence-electron chi connectivity index (χ2n) is 7.02. The number of hydrogen-bond acceptors (Lipinski definition) is 3. The van der Waals surface area contributed by atoms with Gasteiger partial charge in [-0.25, -0.2) is 4.98 Å². The van der Waals surface area contributed by atoms with Gasteiger partial charge in [-0.15, -0.1) is 0 Å². The SMILES string of the molecule is Cc1ccccc1N1c2cc3ccccc3nc2N(c2ccccc2)C1C. The zero-order chi connectivity index (χ0) is 18.4. The average Bonchev–Trinajstić information content (AvgIpc) is 2.98. The van der Waals surface area contributed by atoms with Gasteiger partial charge >= 0.3 is 0 Å². The summed E-state index contributed by atoms with van der Waals surface area (Å²) in [6, 6.07) is 29.7. The molecule has 1 aliphatic rings. The van der Waals surface area contributed by atoms with E-state index in [1.54, 1.807) is 0 Å². The molecule has 2 heterocycles. The Morgan fingerprint density at radius 3 is 2.26 bits per heavy atom. The van der Waals surface area contributed by atoms with Gasteiger partial charge in [0, 0.05) is 16.8 Å². The largest absolute Gasteiger partial charge is 0.317 e. The molecule has 3 heteroatoms. The van der Waals surface area contributed by atoms with Crippen LogP contribution in [-0.4, -0.2) is 11.1 Å². The smallest absolute Gasteiger partial charge is 0.159 e. The fourth-order valence-corrected chi connectivity index (χ4v) is 4.03. The second-order valence-corrected chi connectivity index (χ2v) is 7.02. The van der Waals surface area contributed by atoms with Crippen LogP contribution in [0.4, 0.5) is 22.9 Å². The minimum Gasteiger partial charge on any atom is -0.317 e. The molecular weight excluding hydrogens is 330 g/mol. The highest BCUT2D eigenvalue weighted by molar-refractivity contribution is 5.94. The van der Waals surface area contributed by atoms with Crippen molar-refractivity contribution in [3.63, 3.8) is 0 Å². The molecule has 1 aliphatic heterocycles. The van der Waals surface area contributed by atoms with Gasteiger partial charge in [-0.05, 0) is 49.7 Å². The average molecular weight is 351 g/mol. The summed E-state index contributed by atoms with van der Waals surface area (Å²) in [5.41, 5.74) is 5.82. The van der Waals surface area contributed by atoms with Crippen molar-refractivity contribution >= 4 is 33.8 Å². The Morgan fingerprint density at radius 1 is 0.741 bits per heavy atom. The van der Waals surface area contributed by atoms with Gasteiger partial charge in [-0.2, -0.15) is 0 Å². The van der Waals surface area contributed by atoms with Gasteiger partial charge in [0.1, 0.15) is 6.17 Å². The fraction of sp³-hybridized carbons (Fsp3) is 0.125. The molecule has 5 rings (SSSR count). The van der Waals surface area contributed by atoms with E-state index in [0.717, 1.165) is 28.1 Å². The zero-order valence-corrected chi connectivity index (χ0v) is 15.5. The van der Waals surface area contributed by atoms with E-state index in [0.29, 0.717) is 0 Å². The molecule has 0 saturated carbocycles. The number of nitrogens with zero attached hydrogens (tertiary/aromatic N) is 3. The number of hydrogen-bond donors (Lipinski definition) is 0. The van der Waals surface area contributed by atoms with E-state index in [1.165, 1.54) is 11.3 Å². The maximum atomic E-state index is 5.05. The third-order valence-electron chi connectivity index (χ3n) is 5.33. The van der Waals surface area contributed by atoms with Crippen molar-refractivity contribution in [2.75, 3.05) is 9.80 Å². The van der Waals surface area contributed by atoms with Gasteiger partial charge in [0.15, 0.2) is 5.82 Å². The van der Waals surface area contributed by atoms with Gasteiger partial charge in [0.25, 0.3) is 0 Å². The third-order valence-corrected chi connectivity index (χ3v) is 5.33. The van der Waals surface area contributed by atoms with Crippen LogP contribution in [0.1, 0.15) is 12.5 Å². The highest BCUT2D eigenvalue weighted by Crippen LogP contribution is 2.48. The summed E-state index contributed by atoms with van der Waals surface area (Å²) in [6.07, 6.45) is 0.132. The minimum atomic E-state index is 0.132. The summed E-state index contributed by atoms with van der Waals surface area (Å²) in [5.74, 6) is 1.01. The van der Waals surface area contributed by atoms with Crippen LogP contribution in [0, 0.1) is 6.92 Å². The van der Waals surface area contributed by atoms with Crippen LogP contribution in [-0.2, 0) is 0 Å². The standard InChI is InChI=1S/C24H21N3/c1-17-10-6-9-15-22(17)27-18(2)26(20-12-4-3-5-13-20)24-23(27)16-19-11-7-8-14-21(19)25-24/h3-16,18H,1-2H3. The number of benzene rings is 3. The second kappa shape index (κ2) is 6.13. The minimum absolute atomic E-state index is 0.132. The van der Waals surface area contributed by atoms with Crippen LogP contribution >= 0.6 is 0 Å². The van der Waals surface area contributed by atoms with E-state index in [-0.39, 0.29) is 6.17 Å². The van der Waals surface area contributed by atoms with Crippen molar-refractivity contribution in [2.45, 2.75) is 20.0 Å². The molecule has 0 aliphatic carbocycles. The lowest BCUT2D eigenvalue weighted by molar-refractivity contribution is 0.756. The highest BCUT2D eigenvalue weighted by Gasteiger charge is 2.36. The molecule has 1 unspecified atom stereocenters. The lowest BCUT2D eigenvalue weighted by Gasteiger charge is -2.30. The molecule has 4 aromatic rings. The monoisotopic (exact) mass is 351 g/mol. The summed E-state index contributed by atoms with van der Waals surface area (Å²) in [4.78, 5) is 9.78. The molecule has 132 valence electrons. The lowest BCUT2D eigenvalue weighted by atomic mass is 10.1. The van der Waals surface area contributed by atoms with Crippen molar-refractivity contribution in [1.29, 1.82) is 0 Å². The van der Waals surface area contributed by atoms with Gasteiger partial charge in [-0.1, -0.05) is 54.6 Å². The van der Waals surface area contributed by atoms with Crippen molar-refractivity contribution in [1.82, 2.24) is 4.98 Å². The molecule has 1 aromatic heterocycles. The third kappa shape index (κ3) is 2.47. The maximum absolute atomic E-state index is 5.05. The molecule has 0 spiro atoms. The Hall–Kier alpha value is -3.33. The molecule has 1 atom stereocenters. The highest BCUT2D eigenvalue weighted by atomic mass is 15.4. The number of pyridine rings is 1. The van der Waals surface area contributed by atoms with Gasteiger partial charge in [-0.3, -0.25) is 0 Å². The van der Waals surface area contributed by atoms with Crippen molar-refractivity contribution in [3.8, 4) is 0 Å². The predicted octanol–water partition coefficient (Wildman–Crippen LogP) is 6.18. The first-order chi connectivity index (χ1) is 13.2. The van der Waals surface area contributed by atoms with E-state index >= 15 is 0 Å². The first-order valence-corrected chi connectivity index (χ1v) is 9.33. The van der Waals surface area contributed by atoms with E-state index in [9.17, 15) is 0 Å². The molecule has 0 bridgehead atoms. The molecule has 3 nitrogen and oxygen atoms in total. The molecule has 0 radical (unpaired) electrons. The van der Waals surface area contributed by atoms with Crippen LogP contribution in [0.15, 0.2) is 84.9 Å². The van der Waals surface area contributed by atoms with E-state index in [1.807, 2.05) is 6.07 Å². The number of fused-ring (bicyclic) bond motifs is 2. The Kier molecular flexibility index (Phi) is 3.61. The Bertz CT molecular complexity index is 1120. The number of anilines is 4. The predicted molar refractivity (Wildman–Crippen MR) is 113 cm³/mol. The van der Waals surface area contributed by atoms with E-state index in [2.05, 4.69) is 103 Å². The van der Waals surface area contributed by atoms with Crippen LogP contribution in [0.25, 0.3) is 10.9 Å².